The Morgan fingerprint density at radius 2 is 1.82 bits per heavy atom. The lowest BCUT2D eigenvalue weighted by Gasteiger charge is -2.09. The third-order valence-electron chi connectivity index (χ3n) is 5.29. The number of nitrogens with zero attached hydrogens (tertiary/aromatic N) is 2. The molecule has 2 aromatic carbocycles. The first-order valence-electron chi connectivity index (χ1n) is 10.7. The molecule has 1 aliphatic rings. The van der Waals surface area contributed by atoms with Crippen molar-refractivity contribution in [1.82, 2.24) is 5.43 Å². The van der Waals surface area contributed by atoms with Crippen LogP contribution in [0.2, 0.25) is 5.02 Å². The van der Waals surface area contributed by atoms with E-state index in [4.69, 9.17) is 16.3 Å². The molecule has 0 aliphatic heterocycles. The van der Waals surface area contributed by atoms with E-state index >= 15 is 0 Å². The molecule has 4 rings (SSSR count). The van der Waals surface area contributed by atoms with Crippen molar-refractivity contribution in [3.63, 3.8) is 0 Å². The van der Waals surface area contributed by atoms with Crippen LogP contribution in [0, 0.1) is 11.3 Å². The van der Waals surface area contributed by atoms with Crippen molar-refractivity contribution in [2.75, 3.05) is 5.32 Å². The summed E-state index contributed by atoms with van der Waals surface area (Å²) in [4.78, 5) is 25.5. The number of fused-ring (bicyclic) bond motifs is 1. The van der Waals surface area contributed by atoms with Gasteiger partial charge in [-0.2, -0.15) is 10.4 Å². The number of aryl methyl sites for hydroxylation is 1. The normalized spacial score (nSPS) is 12.6. The quantitative estimate of drug-likeness (QED) is 0.292. The number of hydrogen-bond donors (Lipinski definition) is 2. The van der Waals surface area contributed by atoms with Gasteiger partial charge in [0.2, 0.25) is 0 Å². The molecule has 0 radical (unpaired) electrons. The minimum Gasteiger partial charge on any atom is -0.489 e. The molecular formula is C25H21ClN4O3S. The molecule has 1 aromatic heterocycles. The average molecular weight is 493 g/mol. The molecule has 1 heterocycles. The maximum atomic E-state index is 12.3. The smallest absolute Gasteiger partial charge is 0.329 e. The zero-order chi connectivity index (χ0) is 23.9. The van der Waals surface area contributed by atoms with Gasteiger partial charge in [-0.3, -0.25) is 9.59 Å². The molecule has 2 amide bonds. The summed E-state index contributed by atoms with van der Waals surface area (Å²) in [6, 6.07) is 16.7. The van der Waals surface area contributed by atoms with E-state index in [1.807, 2.05) is 24.3 Å². The Bertz CT molecular complexity index is 1260. The maximum absolute atomic E-state index is 12.3. The van der Waals surface area contributed by atoms with E-state index in [-0.39, 0.29) is 0 Å². The SMILES string of the molecule is N#Cc1c(NC(=O)C(=O)N/N=C/c2ccc(OCc3ccc(Cl)cc3)cc2)sc2c1CCCC2. The van der Waals surface area contributed by atoms with Crippen LogP contribution in [-0.2, 0) is 29.0 Å². The van der Waals surface area contributed by atoms with Gasteiger partial charge in [0.15, 0.2) is 0 Å². The third kappa shape index (κ3) is 5.81. The molecule has 0 atom stereocenters. The molecule has 0 saturated heterocycles. The standard InChI is InChI=1S/C25H21ClN4O3S/c26-18-9-5-17(6-10-18)15-33-19-11-7-16(8-12-19)14-28-30-24(32)23(31)29-25-21(13-27)20-3-1-2-4-22(20)34-25/h5-12,14H,1-4,15H2,(H,29,31)(H,30,32)/b28-14+. The highest BCUT2D eigenvalue weighted by Crippen LogP contribution is 2.37. The molecule has 0 saturated carbocycles. The van der Waals surface area contributed by atoms with Gasteiger partial charge in [-0.1, -0.05) is 23.7 Å². The van der Waals surface area contributed by atoms with Crippen molar-refractivity contribution in [2.45, 2.75) is 32.3 Å². The van der Waals surface area contributed by atoms with Crippen LogP contribution >= 0.6 is 22.9 Å². The summed E-state index contributed by atoms with van der Waals surface area (Å²) < 4.78 is 5.73. The second-order valence-electron chi connectivity index (χ2n) is 7.66. The van der Waals surface area contributed by atoms with Gasteiger partial charge < -0.3 is 10.1 Å². The maximum Gasteiger partial charge on any atom is 0.329 e. The Hall–Kier alpha value is -3.67. The highest BCUT2D eigenvalue weighted by molar-refractivity contribution is 7.16. The molecule has 0 spiro atoms. The largest absolute Gasteiger partial charge is 0.489 e. The molecule has 34 heavy (non-hydrogen) atoms. The third-order valence-corrected chi connectivity index (χ3v) is 6.75. The number of anilines is 1. The minimum atomic E-state index is -0.908. The number of ether oxygens (including phenoxy) is 1. The number of benzene rings is 2. The fraction of sp³-hybridized carbons (Fsp3) is 0.200. The van der Waals surface area contributed by atoms with Crippen LogP contribution in [0.3, 0.4) is 0 Å². The van der Waals surface area contributed by atoms with Crippen LogP contribution in [0.5, 0.6) is 5.75 Å². The fourth-order valence-electron chi connectivity index (χ4n) is 3.55. The molecule has 9 heteroatoms. The van der Waals surface area contributed by atoms with Crippen LogP contribution in [0.15, 0.2) is 53.6 Å². The van der Waals surface area contributed by atoms with Gasteiger partial charge in [0.25, 0.3) is 0 Å². The van der Waals surface area contributed by atoms with Crippen LogP contribution in [0.25, 0.3) is 0 Å². The van der Waals surface area contributed by atoms with E-state index < -0.39 is 11.8 Å². The zero-order valence-corrected chi connectivity index (χ0v) is 19.7. The van der Waals surface area contributed by atoms with Crippen molar-refractivity contribution in [3.8, 4) is 11.8 Å². The second-order valence-corrected chi connectivity index (χ2v) is 9.21. The molecule has 3 aromatic rings. The van der Waals surface area contributed by atoms with Gasteiger partial charge in [-0.15, -0.1) is 11.3 Å². The van der Waals surface area contributed by atoms with E-state index in [1.165, 1.54) is 17.6 Å². The summed E-state index contributed by atoms with van der Waals surface area (Å²) in [5.41, 5.74) is 5.39. The monoisotopic (exact) mass is 492 g/mol. The number of carbonyl (C=O) groups is 2. The molecule has 1 aliphatic carbocycles. The summed E-state index contributed by atoms with van der Waals surface area (Å²) in [6.07, 6.45) is 5.24. The summed E-state index contributed by atoms with van der Waals surface area (Å²) >= 11 is 7.25. The summed E-state index contributed by atoms with van der Waals surface area (Å²) in [5.74, 6) is -1.09. The van der Waals surface area contributed by atoms with Crippen molar-refractivity contribution in [3.05, 3.63) is 80.7 Å². The molecule has 2 N–H and O–H groups in total. The highest BCUT2D eigenvalue weighted by atomic mass is 35.5. The van der Waals surface area contributed by atoms with Crippen molar-refractivity contribution >= 4 is 46.0 Å². The minimum absolute atomic E-state index is 0.413. The average Bonchev–Trinajstić information content (AvgIpc) is 3.21. The zero-order valence-electron chi connectivity index (χ0n) is 18.1. The predicted molar refractivity (Wildman–Crippen MR) is 132 cm³/mol. The lowest BCUT2D eigenvalue weighted by Crippen LogP contribution is -2.32. The van der Waals surface area contributed by atoms with Gasteiger partial charge in [0.05, 0.1) is 11.8 Å². The Labute approximate surface area is 206 Å². The molecule has 0 fully saturated rings. The number of thiophene rings is 1. The Morgan fingerprint density at radius 3 is 2.56 bits per heavy atom. The van der Waals surface area contributed by atoms with Gasteiger partial charge in [0, 0.05) is 9.90 Å². The first kappa shape index (κ1) is 23.5. The highest BCUT2D eigenvalue weighted by Gasteiger charge is 2.23. The topological polar surface area (TPSA) is 104 Å². The Kier molecular flexibility index (Phi) is 7.58. The van der Waals surface area contributed by atoms with Crippen molar-refractivity contribution in [2.24, 2.45) is 5.10 Å². The molecule has 7 nitrogen and oxygen atoms in total. The number of hydrazone groups is 1. The summed E-state index contributed by atoms with van der Waals surface area (Å²) in [6.45, 7) is 0.413. The van der Waals surface area contributed by atoms with E-state index in [9.17, 15) is 14.9 Å². The van der Waals surface area contributed by atoms with E-state index in [1.54, 1.807) is 24.3 Å². The summed E-state index contributed by atoms with van der Waals surface area (Å²) in [5, 5.41) is 17.0. The van der Waals surface area contributed by atoms with Gasteiger partial charge >= 0.3 is 11.8 Å². The molecule has 0 unspecified atom stereocenters. The first-order chi connectivity index (χ1) is 16.5. The number of nitrogens with one attached hydrogen (secondary N) is 2. The number of hydrogen-bond acceptors (Lipinski definition) is 6. The van der Waals surface area contributed by atoms with Gasteiger partial charge in [0.1, 0.15) is 23.4 Å². The van der Waals surface area contributed by atoms with E-state index in [2.05, 4.69) is 21.9 Å². The number of halogens is 1. The summed E-state index contributed by atoms with van der Waals surface area (Å²) in [7, 11) is 0. The lowest BCUT2D eigenvalue weighted by molar-refractivity contribution is -0.136. The van der Waals surface area contributed by atoms with Crippen LogP contribution in [0.4, 0.5) is 5.00 Å². The molecule has 172 valence electrons. The number of rotatable bonds is 6. The van der Waals surface area contributed by atoms with Crippen LogP contribution < -0.4 is 15.5 Å². The number of nitriles is 1. The second kappa shape index (κ2) is 11.0. The number of carbonyl (C=O) groups excluding carboxylic acids is 2. The van der Waals surface area contributed by atoms with Gasteiger partial charge in [-0.25, -0.2) is 5.43 Å². The Balaban J connectivity index is 1.28. The van der Waals surface area contributed by atoms with E-state index in [0.29, 0.717) is 27.9 Å². The van der Waals surface area contributed by atoms with Crippen LogP contribution in [0.1, 0.15) is 40.0 Å². The number of amides is 2. The first-order valence-corrected chi connectivity index (χ1v) is 11.9. The molecular weight excluding hydrogens is 472 g/mol. The van der Waals surface area contributed by atoms with Gasteiger partial charge in [-0.05, 0) is 78.8 Å². The predicted octanol–water partition coefficient (Wildman–Crippen LogP) is 4.82. The Morgan fingerprint density at radius 1 is 1.09 bits per heavy atom. The van der Waals surface area contributed by atoms with Crippen molar-refractivity contribution in [1.29, 1.82) is 5.26 Å². The lowest BCUT2D eigenvalue weighted by atomic mass is 9.96. The molecule has 0 bridgehead atoms. The fourth-order valence-corrected chi connectivity index (χ4v) is 4.91. The van der Waals surface area contributed by atoms with Crippen LogP contribution in [-0.4, -0.2) is 18.0 Å². The van der Waals surface area contributed by atoms with Crippen molar-refractivity contribution < 1.29 is 14.3 Å². The van der Waals surface area contributed by atoms with E-state index in [0.717, 1.165) is 47.3 Å².